The minimum absolute atomic E-state index is 0.0541. The predicted molar refractivity (Wildman–Crippen MR) is 125 cm³/mol. The third-order valence-electron chi connectivity index (χ3n) is 6.19. The molecule has 182 valence electrons. The van der Waals surface area contributed by atoms with E-state index in [1.165, 1.54) is 12.5 Å². The summed E-state index contributed by atoms with van der Waals surface area (Å²) in [5.74, 6) is -2.73. The Morgan fingerprint density at radius 2 is 1.45 bits per heavy atom. The van der Waals surface area contributed by atoms with Crippen molar-refractivity contribution in [3.05, 3.63) is 23.5 Å². The van der Waals surface area contributed by atoms with Crippen LogP contribution < -0.4 is 21.3 Å². The van der Waals surface area contributed by atoms with Crippen LogP contribution in [0.5, 0.6) is 0 Å². The topological polar surface area (TPSA) is 109 Å². The van der Waals surface area contributed by atoms with Crippen LogP contribution in [0.4, 0.5) is 15.8 Å². The summed E-state index contributed by atoms with van der Waals surface area (Å²) in [5.41, 5.74) is 1.25. The van der Waals surface area contributed by atoms with Crippen LogP contribution in [-0.4, -0.2) is 49.6 Å². The van der Waals surface area contributed by atoms with Crippen LogP contribution in [0.3, 0.4) is 0 Å². The molecule has 1 aromatic rings. The van der Waals surface area contributed by atoms with E-state index in [0.29, 0.717) is 11.4 Å². The Labute approximate surface area is 194 Å². The molecule has 0 saturated heterocycles. The normalized spacial score (nSPS) is 16.8. The number of nitrogens with one attached hydrogen (secondary N) is 4. The number of rotatable bonds is 9. The Kier molecular flexibility index (Phi) is 9.33. The van der Waals surface area contributed by atoms with Crippen LogP contribution in [-0.2, 0) is 14.3 Å². The maximum absolute atomic E-state index is 14.9. The van der Waals surface area contributed by atoms with Crippen molar-refractivity contribution in [2.75, 3.05) is 30.3 Å². The summed E-state index contributed by atoms with van der Waals surface area (Å²) < 4.78 is 19.6. The van der Waals surface area contributed by atoms with Gasteiger partial charge < -0.3 is 26.0 Å². The summed E-state index contributed by atoms with van der Waals surface area (Å²) in [4.78, 5) is 35.7. The third-order valence-corrected chi connectivity index (χ3v) is 6.19. The Morgan fingerprint density at radius 1 is 0.879 bits per heavy atom. The van der Waals surface area contributed by atoms with Gasteiger partial charge in [0, 0.05) is 30.9 Å². The quantitative estimate of drug-likeness (QED) is 0.255. The lowest BCUT2D eigenvalue weighted by molar-refractivity contribution is -0.154. The summed E-state index contributed by atoms with van der Waals surface area (Å²) in [5, 5.41) is 11.8. The number of ether oxygens (including phenoxy) is 1. The molecule has 0 atom stereocenters. The molecule has 0 spiro atoms. The third kappa shape index (κ3) is 7.33. The average molecular weight is 463 g/mol. The molecule has 8 nitrogen and oxygen atoms in total. The van der Waals surface area contributed by atoms with Gasteiger partial charge in [0.2, 0.25) is 0 Å². The lowest BCUT2D eigenvalue weighted by Crippen LogP contribution is -2.38. The minimum atomic E-state index is -0.963. The fraction of sp³-hybridized carbons (Fsp3) is 0.625. The molecule has 2 fully saturated rings. The van der Waals surface area contributed by atoms with Gasteiger partial charge in [-0.1, -0.05) is 32.1 Å². The first-order valence-corrected chi connectivity index (χ1v) is 12.1. The van der Waals surface area contributed by atoms with Crippen LogP contribution in [0.2, 0.25) is 0 Å². The molecule has 33 heavy (non-hydrogen) atoms. The summed E-state index contributed by atoms with van der Waals surface area (Å²) in [7, 11) is 0. The first kappa shape index (κ1) is 24.8. The second-order valence-electron chi connectivity index (χ2n) is 8.71. The number of carbonyl (C=O) groups excluding carboxylic acids is 3. The van der Waals surface area contributed by atoms with Gasteiger partial charge in [-0.15, -0.1) is 0 Å². The molecule has 2 aliphatic rings. The van der Waals surface area contributed by atoms with Crippen LogP contribution in [0.25, 0.3) is 0 Å². The van der Waals surface area contributed by atoms with Crippen molar-refractivity contribution in [3.8, 4) is 0 Å². The van der Waals surface area contributed by atoms with Gasteiger partial charge in [0.25, 0.3) is 5.91 Å². The van der Waals surface area contributed by atoms with E-state index in [-0.39, 0.29) is 37.3 Å². The summed E-state index contributed by atoms with van der Waals surface area (Å²) in [6.07, 6.45) is 9.83. The number of benzene rings is 1. The van der Waals surface area contributed by atoms with Gasteiger partial charge in [-0.3, -0.25) is 9.59 Å². The highest BCUT2D eigenvalue weighted by atomic mass is 19.1. The number of anilines is 2. The SMILES string of the molecule is CCOC(=O)C(=O)NCCNC(=O)c1cc(F)c(NC2CCCCC2)cc1NC1CCCC1. The molecule has 2 aliphatic carbocycles. The molecule has 0 aliphatic heterocycles. The van der Waals surface area contributed by atoms with E-state index in [1.807, 2.05) is 0 Å². The zero-order chi connectivity index (χ0) is 23.6. The van der Waals surface area contributed by atoms with E-state index in [1.54, 1.807) is 13.0 Å². The van der Waals surface area contributed by atoms with Gasteiger partial charge in [0.05, 0.1) is 17.9 Å². The van der Waals surface area contributed by atoms with Crippen molar-refractivity contribution in [1.82, 2.24) is 10.6 Å². The molecule has 0 unspecified atom stereocenters. The van der Waals surface area contributed by atoms with Gasteiger partial charge in [-0.25, -0.2) is 9.18 Å². The minimum Gasteiger partial charge on any atom is -0.459 e. The first-order valence-electron chi connectivity index (χ1n) is 12.1. The molecule has 4 N–H and O–H groups in total. The van der Waals surface area contributed by atoms with E-state index < -0.39 is 23.6 Å². The number of hydrogen-bond donors (Lipinski definition) is 4. The largest absolute Gasteiger partial charge is 0.459 e. The number of hydrogen-bond acceptors (Lipinski definition) is 6. The van der Waals surface area contributed by atoms with Crippen LogP contribution in [0, 0.1) is 5.82 Å². The molecular formula is C24H35FN4O4. The van der Waals surface area contributed by atoms with Crippen LogP contribution in [0.1, 0.15) is 75.1 Å². The number of esters is 1. The van der Waals surface area contributed by atoms with Crippen molar-refractivity contribution in [3.63, 3.8) is 0 Å². The zero-order valence-corrected chi connectivity index (χ0v) is 19.3. The second-order valence-corrected chi connectivity index (χ2v) is 8.71. The van der Waals surface area contributed by atoms with E-state index in [9.17, 15) is 18.8 Å². The highest BCUT2D eigenvalue weighted by Gasteiger charge is 2.22. The van der Waals surface area contributed by atoms with Gasteiger partial charge in [0.1, 0.15) is 5.82 Å². The van der Waals surface area contributed by atoms with Crippen molar-refractivity contribution in [2.45, 2.75) is 76.8 Å². The van der Waals surface area contributed by atoms with Gasteiger partial charge in [-0.2, -0.15) is 0 Å². The predicted octanol–water partition coefficient (Wildman–Crippen LogP) is 3.33. The summed E-state index contributed by atoms with van der Waals surface area (Å²) >= 11 is 0. The number of carbonyl (C=O) groups is 3. The molecule has 1 aromatic carbocycles. The monoisotopic (exact) mass is 462 g/mol. The van der Waals surface area contributed by atoms with Gasteiger partial charge in [-0.05, 0) is 44.7 Å². The maximum atomic E-state index is 14.9. The second kappa shape index (κ2) is 12.4. The molecule has 0 radical (unpaired) electrons. The zero-order valence-electron chi connectivity index (χ0n) is 19.3. The highest BCUT2D eigenvalue weighted by molar-refractivity contribution is 6.32. The molecule has 0 aromatic heterocycles. The number of amides is 2. The van der Waals surface area contributed by atoms with E-state index in [4.69, 9.17) is 0 Å². The molecule has 0 bridgehead atoms. The molecule has 3 rings (SSSR count). The van der Waals surface area contributed by atoms with Gasteiger partial charge in [0.15, 0.2) is 0 Å². The molecule has 2 amide bonds. The van der Waals surface area contributed by atoms with Gasteiger partial charge >= 0.3 is 11.9 Å². The Bertz CT molecular complexity index is 836. The molecule has 0 heterocycles. The first-order chi connectivity index (χ1) is 16.0. The standard InChI is InChI=1S/C24H35FN4O4/c1-2-33-24(32)23(31)27-13-12-26-22(30)18-14-19(25)21(29-17-8-4-3-5-9-17)15-20(18)28-16-10-6-7-11-16/h14-17,28-29H,2-13H2,1H3,(H,26,30)(H,27,31). The highest BCUT2D eigenvalue weighted by Crippen LogP contribution is 2.30. The van der Waals surface area contributed by atoms with Crippen LogP contribution >= 0.6 is 0 Å². The fourth-order valence-electron chi connectivity index (χ4n) is 4.46. The lowest BCUT2D eigenvalue weighted by atomic mass is 9.95. The van der Waals surface area contributed by atoms with Crippen molar-refractivity contribution in [2.24, 2.45) is 0 Å². The van der Waals surface area contributed by atoms with Crippen molar-refractivity contribution < 1.29 is 23.5 Å². The summed E-state index contributed by atoms with van der Waals surface area (Å²) in [6, 6.07) is 3.48. The smallest absolute Gasteiger partial charge is 0.396 e. The molecule has 9 heteroatoms. The summed E-state index contributed by atoms with van der Waals surface area (Å²) in [6.45, 7) is 1.86. The Balaban J connectivity index is 1.65. The number of halogens is 1. The fourth-order valence-corrected chi connectivity index (χ4v) is 4.46. The average Bonchev–Trinajstić information content (AvgIpc) is 3.32. The Morgan fingerprint density at radius 3 is 2.09 bits per heavy atom. The Hall–Kier alpha value is -2.84. The lowest BCUT2D eigenvalue weighted by Gasteiger charge is -2.25. The van der Waals surface area contributed by atoms with Crippen molar-refractivity contribution >= 4 is 29.2 Å². The van der Waals surface area contributed by atoms with Crippen LogP contribution in [0.15, 0.2) is 12.1 Å². The van der Waals surface area contributed by atoms with E-state index in [0.717, 1.165) is 51.4 Å². The maximum Gasteiger partial charge on any atom is 0.396 e. The molecule has 2 saturated carbocycles. The van der Waals surface area contributed by atoms with Crippen molar-refractivity contribution in [1.29, 1.82) is 0 Å². The molecular weight excluding hydrogens is 427 g/mol. The van der Waals surface area contributed by atoms with E-state index >= 15 is 0 Å². The van der Waals surface area contributed by atoms with E-state index in [2.05, 4.69) is 26.0 Å².